The van der Waals surface area contributed by atoms with Crippen LogP contribution in [0.2, 0.25) is 0 Å². The molecule has 42 valence electrons. The largest absolute Gasteiger partial charge is 0.278 e. The molecule has 7 heavy (non-hydrogen) atoms. The van der Waals surface area contributed by atoms with Crippen LogP contribution in [0.25, 0.3) is 0 Å². The molecule has 0 aromatic heterocycles. The van der Waals surface area contributed by atoms with E-state index in [-0.39, 0.29) is 0 Å². The first-order valence-electron chi connectivity index (χ1n) is 2.34. The van der Waals surface area contributed by atoms with Crippen LogP contribution in [-0.2, 0) is 0 Å². The molecule has 0 aliphatic carbocycles. The lowest BCUT2D eigenvalue weighted by Gasteiger charge is -1.87. The van der Waals surface area contributed by atoms with Crippen molar-refractivity contribution < 1.29 is 0 Å². The Bertz CT molecular complexity index is 45.3. The Balaban J connectivity index is 2.56. The highest BCUT2D eigenvalue weighted by Crippen LogP contribution is 1.94. The van der Waals surface area contributed by atoms with Gasteiger partial charge >= 0.3 is 0 Å². The van der Waals surface area contributed by atoms with Gasteiger partial charge in [0.05, 0.1) is 0 Å². The summed E-state index contributed by atoms with van der Waals surface area (Å²) in [6, 6.07) is 0. The van der Waals surface area contributed by atoms with Gasteiger partial charge in [0.25, 0.3) is 0 Å². The third kappa shape index (κ3) is 6.05. The number of rotatable bonds is 4. The number of unbranched alkanes of at least 4 members (excludes halogenated alkanes) is 1. The molecular formula is C5H11NS. The first-order valence-corrected chi connectivity index (χ1v) is 3.39. The Labute approximate surface area is 49.1 Å². The zero-order valence-corrected chi connectivity index (χ0v) is 5.21. The molecule has 0 atom stereocenters. The summed E-state index contributed by atoms with van der Waals surface area (Å²) in [5, 5.41) is 5.15. The third-order valence-corrected chi connectivity index (χ3v) is 1.19. The summed E-state index contributed by atoms with van der Waals surface area (Å²) in [7, 11) is 0. The monoisotopic (exact) mass is 117 g/mol. The average molecular weight is 117 g/mol. The molecule has 2 heteroatoms. The molecule has 0 unspecified atom stereocenters. The first kappa shape index (κ1) is 7.05. The molecule has 0 aromatic rings. The van der Waals surface area contributed by atoms with Crippen molar-refractivity contribution in [3.05, 3.63) is 12.7 Å². The topological polar surface area (TPSA) is 26.0 Å². The number of nitrogens with two attached hydrogens (primary N) is 1. The van der Waals surface area contributed by atoms with Crippen molar-refractivity contribution in [2.75, 3.05) is 5.75 Å². The standard InChI is InChI=1S/C5H11NS/c1-2-3-4-5-7-6/h2H,1,3-6H2. The number of allylic oxidation sites excluding steroid dienone is 1. The summed E-state index contributed by atoms with van der Waals surface area (Å²) in [5.74, 6) is 1.05. The predicted molar refractivity (Wildman–Crippen MR) is 36.1 cm³/mol. The fourth-order valence-electron chi connectivity index (χ4n) is 0.311. The molecule has 0 aliphatic rings. The van der Waals surface area contributed by atoms with E-state index in [0.29, 0.717) is 0 Å². The van der Waals surface area contributed by atoms with Crippen LogP contribution >= 0.6 is 11.9 Å². The van der Waals surface area contributed by atoms with E-state index < -0.39 is 0 Å². The molecule has 2 N–H and O–H groups in total. The van der Waals surface area contributed by atoms with Gasteiger partial charge in [-0.3, -0.25) is 5.14 Å². The van der Waals surface area contributed by atoms with Gasteiger partial charge in [0.1, 0.15) is 0 Å². The molecule has 0 heterocycles. The van der Waals surface area contributed by atoms with Crippen molar-refractivity contribution in [1.29, 1.82) is 0 Å². The van der Waals surface area contributed by atoms with E-state index >= 15 is 0 Å². The smallest absolute Gasteiger partial charge is 0.00793 e. The van der Waals surface area contributed by atoms with E-state index in [1.165, 1.54) is 11.9 Å². The molecule has 0 amide bonds. The van der Waals surface area contributed by atoms with Gasteiger partial charge < -0.3 is 0 Å². The summed E-state index contributed by atoms with van der Waals surface area (Å²) < 4.78 is 0. The highest BCUT2D eigenvalue weighted by Gasteiger charge is 1.78. The maximum absolute atomic E-state index is 5.15. The SMILES string of the molecule is C=CCCCSN. The third-order valence-electron chi connectivity index (χ3n) is 0.670. The highest BCUT2D eigenvalue weighted by molar-refractivity contribution is 7.97. The Hall–Kier alpha value is 0.0500. The molecule has 0 aliphatic heterocycles. The molecule has 0 rings (SSSR count). The van der Waals surface area contributed by atoms with Crippen molar-refractivity contribution in [3.63, 3.8) is 0 Å². The molecular weight excluding hydrogens is 106 g/mol. The lowest BCUT2D eigenvalue weighted by molar-refractivity contribution is 0.975. The summed E-state index contributed by atoms with van der Waals surface area (Å²) in [6.07, 6.45) is 4.16. The van der Waals surface area contributed by atoms with Crippen LogP contribution in [0.1, 0.15) is 12.8 Å². The van der Waals surface area contributed by atoms with Crippen molar-refractivity contribution in [1.82, 2.24) is 0 Å². The first-order chi connectivity index (χ1) is 3.41. The predicted octanol–water partition coefficient (Wildman–Crippen LogP) is 1.56. The number of hydrogen-bond donors (Lipinski definition) is 1. The van der Waals surface area contributed by atoms with E-state index in [1.54, 1.807) is 0 Å². The minimum absolute atomic E-state index is 1.05. The summed E-state index contributed by atoms with van der Waals surface area (Å²) in [4.78, 5) is 0. The maximum atomic E-state index is 5.15. The zero-order chi connectivity index (χ0) is 5.54. The molecule has 0 aromatic carbocycles. The van der Waals surface area contributed by atoms with Crippen LogP contribution in [0.5, 0.6) is 0 Å². The minimum Gasteiger partial charge on any atom is -0.278 e. The Morgan fingerprint density at radius 3 is 2.86 bits per heavy atom. The van der Waals surface area contributed by atoms with Gasteiger partial charge in [0, 0.05) is 5.75 Å². The second-order valence-corrected chi connectivity index (χ2v) is 2.04. The molecule has 0 bridgehead atoms. The van der Waals surface area contributed by atoms with E-state index in [1.807, 2.05) is 6.08 Å². The van der Waals surface area contributed by atoms with Crippen molar-refractivity contribution in [2.24, 2.45) is 5.14 Å². The average Bonchev–Trinajstić information content (AvgIpc) is 1.69. The van der Waals surface area contributed by atoms with E-state index in [9.17, 15) is 0 Å². The van der Waals surface area contributed by atoms with E-state index in [0.717, 1.165) is 18.6 Å². The van der Waals surface area contributed by atoms with Gasteiger partial charge in [0.15, 0.2) is 0 Å². The highest BCUT2D eigenvalue weighted by atomic mass is 32.2. The Morgan fingerprint density at radius 2 is 2.43 bits per heavy atom. The molecule has 0 saturated carbocycles. The fraction of sp³-hybridized carbons (Fsp3) is 0.600. The molecule has 0 spiro atoms. The second kappa shape index (κ2) is 6.05. The van der Waals surface area contributed by atoms with Crippen LogP contribution in [0.4, 0.5) is 0 Å². The van der Waals surface area contributed by atoms with Gasteiger partial charge in [-0.25, -0.2) is 0 Å². The number of hydrogen-bond acceptors (Lipinski definition) is 2. The summed E-state index contributed by atoms with van der Waals surface area (Å²) in [6.45, 7) is 3.58. The summed E-state index contributed by atoms with van der Waals surface area (Å²) in [5.41, 5.74) is 0. The van der Waals surface area contributed by atoms with Gasteiger partial charge in [-0.15, -0.1) is 6.58 Å². The zero-order valence-electron chi connectivity index (χ0n) is 4.39. The summed E-state index contributed by atoms with van der Waals surface area (Å²) >= 11 is 1.39. The lowest BCUT2D eigenvalue weighted by atomic mass is 10.3. The van der Waals surface area contributed by atoms with Crippen molar-refractivity contribution >= 4 is 11.9 Å². The maximum Gasteiger partial charge on any atom is 0.00793 e. The molecule has 0 saturated heterocycles. The van der Waals surface area contributed by atoms with Gasteiger partial charge in [0.2, 0.25) is 0 Å². The van der Waals surface area contributed by atoms with Crippen molar-refractivity contribution in [2.45, 2.75) is 12.8 Å². The van der Waals surface area contributed by atoms with Crippen LogP contribution in [0.3, 0.4) is 0 Å². The second-order valence-electron chi connectivity index (χ2n) is 1.30. The van der Waals surface area contributed by atoms with E-state index in [4.69, 9.17) is 5.14 Å². The van der Waals surface area contributed by atoms with Crippen molar-refractivity contribution in [3.8, 4) is 0 Å². The normalized spacial score (nSPS) is 8.71. The van der Waals surface area contributed by atoms with E-state index in [2.05, 4.69) is 6.58 Å². The Morgan fingerprint density at radius 1 is 1.71 bits per heavy atom. The fourth-order valence-corrected chi connectivity index (χ4v) is 0.644. The van der Waals surface area contributed by atoms with Crippen LogP contribution < -0.4 is 5.14 Å². The van der Waals surface area contributed by atoms with Crippen LogP contribution in [-0.4, -0.2) is 5.75 Å². The van der Waals surface area contributed by atoms with Gasteiger partial charge in [-0.1, -0.05) is 18.0 Å². The quantitative estimate of drug-likeness (QED) is 0.343. The Kier molecular flexibility index (Phi) is 6.09. The molecule has 0 radical (unpaired) electrons. The molecule has 1 nitrogen and oxygen atoms in total. The minimum atomic E-state index is 1.05. The molecule has 0 fully saturated rings. The van der Waals surface area contributed by atoms with Gasteiger partial charge in [-0.2, -0.15) is 0 Å². The van der Waals surface area contributed by atoms with Crippen LogP contribution in [0, 0.1) is 0 Å². The van der Waals surface area contributed by atoms with Crippen LogP contribution in [0.15, 0.2) is 12.7 Å². The van der Waals surface area contributed by atoms with Gasteiger partial charge in [-0.05, 0) is 12.8 Å². The lowest BCUT2D eigenvalue weighted by Crippen LogP contribution is -1.82.